The molecule has 4 rings (SSSR count). The fraction of sp³-hybridized carbons (Fsp3) is 0.148. The van der Waals surface area contributed by atoms with Gasteiger partial charge in [-0.3, -0.25) is 9.59 Å². The van der Waals surface area contributed by atoms with Crippen molar-refractivity contribution < 1.29 is 9.53 Å². The first-order valence-electron chi connectivity index (χ1n) is 10.6. The van der Waals surface area contributed by atoms with E-state index < -0.39 is 0 Å². The average molecular weight is 440 g/mol. The SMILES string of the molecule is COc1ccc(-c2c(NC(=O)c3ccccc3C)n(-c3ccc(C)cc3)nc(C)c2=O)cc1. The number of hydrogen-bond acceptors (Lipinski definition) is 4. The van der Waals surface area contributed by atoms with Gasteiger partial charge in [0.1, 0.15) is 17.3 Å². The Morgan fingerprint density at radius 3 is 2.21 bits per heavy atom. The summed E-state index contributed by atoms with van der Waals surface area (Å²) in [5.74, 6) is 0.676. The molecule has 1 heterocycles. The lowest BCUT2D eigenvalue weighted by Gasteiger charge is -2.19. The molecule has 0 saturated carbocycles. The number of amides is 1. The predicted molar refractivity (Wildman–Crippen MR) is 130 cm³/mol. The zero-order valence-corrected chi connectivity index (χ0v) is 19.0. The topological polar surface area (TPSA) is 73.2 Å². The van der Waals surface area contributed by atoms with Crippen molar-refractivity contribution in [1.82, 2.24) is 9.78 Å². The van der Waals surface area contributed by atoms with E-state index in [4.69, 9.17) is 4.74 Å². The van der Waals surface area contributed by atoms with Crippen molar-refractivity contribution in [3.05, 3.63) is 105 Å². The largest absolute Gasteiger partial charge is 0.497 e. The highest BCUT2D eigenvalue weighted by Crippen LogP contribution is 2.29. The first kappa shape index (κ1) is 22.0. The molecule has 0 atom stereocenters. The first-order chi connectivity index (χ1) is 15.9. The van der Waals surface area contributed by atoms with Gasteiger partial charge in [0.15, 0.2) is 0 Å². The van der Waals surface area contributed by atoms with E-state index in [-0.39, 0.29) is 11.3 Å². The minimum absolute atomic E-state index is 0.247. The van der Waals surface area contributed by atoms with Crippen molar-refractivity contribution in [1.29, 1.82) is 0 Å². The van der Waals surface area contributed by atoms with E-state index in [9.17, 15) is 9.59 Å². The Morgan fingerprint density at radius 1 is 0.909 bits per heavy atom. The van der Waals surface area contributed by atoms with Gasteiger partial charge < -0.3 is 10.1 Å². The summed E-state index contributed by atoms with van der Waals surface area (Å²) < 4.78 is 6.88. The van der Waals surface area contributed by atoms with E-state index >= 15 is 0 Å². The fourth-order valence-electron chi connectivity index (χ4n) is 3.66. The molecule has 0 aliphatic heterocycles. The molecule has 0 spiro atoms. The summed E-state index contributed by atoms with van der Waals surface area (Å²) in [7, 11) is 1.59. The van der Waals surface area contributed by atoms with Crippen molar-refractivity contribution in [3.63, 3.8) is 0 Å². The van der Waals surface area contributed by atoms with Gasteiger partial charge in [0.05, 0.1) is 18.4 Å². The van der Waals surface area contributed by atoms with Gasteiger partial charge >= 0.3 is 0 Å². The molecule has 6 nitrogen and oxygen atoms in total. The molecule has 3 aromatic carbocycles. The molecule has 0 radical (unpaired) electrons. The molecule has 0 aliphatic carbocycles. The molecule has 166 valence electrons. The van der Waals surface area contributed by atoms with Crippen molar-refractivity contribution in [3.8, 4) is 22.6 Å². The van der Waals surface area contributed by atoms with Gasteiger partial charge in [0, 0.05) is 5.56 Å². The lowest BCUT2D eigenvalue weighted by Crippen LogP contribution is -2.25. The van der Waals surface area contributed by atoms with Crippen molar-refractivity contribution in [2.24, 2.45) is 0 Å². The van der Waals surface area contributed by atoms with Crippen LogP contribution in [0.3, 0.4) is 0 Å². The molecular weight excluding hydrogens is 414 g/mol. The van der Waals surface area contributed by atoms with Crippen molar-refractivity contribution in [2.75, 3.05) is 12.4 Å². The number of carbonyl (C=O) groups is 1. The summed E-state index contributed by atoms with van der Waals surface area (Å²) in [4.78, 5) is 26.6. The van der Waals surface area contributed by atoms with Gasteiger partial charge in [-0.2, -0.15) is 5.10 Å². The van der Waals surface area contributed by atoms with Crippen LogP contribution in [0.25, 0.3) is 16.8 Å². The standard InChI is InChI=1S/C27H25N3O3/c1-17-9-13-21(14-10-17)30-26(28-27(32)23-8-6-5-7-18(23)2)24(25(31)19(3)29-30)20-11-15-22(33-4)16-12-20/h5-16H,1-4H3,(H,28,32). The number of nitrogens with one attached hydrogen (secondary N) is 1. The zero-order valence-electron chi connectivity index (χ0n) is 19.0. The summed E-state index contributed by atoms with van der Waals surface area (Å²) >= 11 is 0. The quantitative estimate of drug-likeness (QED) is 0.470. The van der Waals surface area contributed by atoms with Crippen LogP contribution in [-0.2, 0) is 0 Å². The van der Waals surface area contributed by atoms with Crippen LogP contribution in [0.15, 0.2) is 77.6 Å². The van der Waals surface area contributed by atoms with Crippen LogP contribution >= 0.6 is 0 Å². The number of aryl methyl sites for hydroxylation is 3. The van der Waals surface area contributed by atoms with Crippen molar-refractivity contribution in [2.45, 2.75) is 20.8 Å². The predicted octanol–water partition coefficient (Wildman–Crippen LogP) is 5.09. The van der Waals surface area contributed by atoms with Crippen LogP contribution in [0.2, 0.25) is 0 Å². The number of hydrogen-bond donors (Lipinski definition) is 1. The molecule has 1 N–H and O–H groups in total. The molecule has 0 fully saturated rings. The third kappa shape index (κ3) is 4.41. The number of aromatic nitrogens is 2. The van der Waals surface area contributed by atoms with Crippen LogP contribution in [-0.4, -0.2) is 22.8 Å². The number of anilines is 1. The van der Waals surface area contributed by atoms with Gasteiger partial charge in [-0.25, -0.2) is 4.68 Å². The summed E-state index contributed by atoms with van der Waals surface area (Å²) in [5, 5.41) is 7.50. The minimum Gasteiger partial charge on any atom is -0.497 e. The molecule has 0 aliphatic rings. The molecule has 0 unspecified atom stereocenters. The van der Waals surface area contributed by atoms with E-state index in [1.54, 1.807) is 49.0 Å². The highest BCUT2D eigenvalue weighted by Gasteiger charge is 2.21. The Hall–Kier alpha value is -4.19. The summed E-state index contributed by atoms with van der Waals surface area (Å²) in [6.07, 6.45) is 0. The van der Waals surface area contributed by atoms with E-state index in [0.29, 0.717) is 34.0 Å². The normalized spacial score (nSPS) is 10.7. The summed E-state index contributed by atoms with van der Waals surface area (Å²) in [6, 6.07) is 22.2. The molecule has 4 aromatic rings. The molecule has 0 saturated heterocycles. The van der Waals surface area contributed by atoms with E-state index in [0.717, 1.165) is 16.8 Å². The summed E-state index contributed by atoms with van der Waals surface area (Å²) in [5.41, 5.74) is 4.31. The average Bonchev–Trinajstić information content (AvgIpc) is 2.82. The first-order valence-corrected chi connectivity index (χ1v) is 10.6. The van der Waals surface area contributed by atoms with Crippen LogP contribution in [0.5, 0.6) is 5.75 Å². The second kappa shape index (κ2) is 9.12. The number of benzene rings is 3. The van der Waals surface area contributed by atoms with Gasteiger partial charge in [-0.15, -0.1) is 0 Å². The van der Waals surface area contributed by atoms with Crippen LogP contribution < -0.4 is 15.5 Å². The molecule has 0 bridgehead atoms. The number of rotatable bonds is 5. The van der Waals surface area contributed by atoms with Crippen LogP contribution in [0.1, 0.15) is 27.2 Å². The summed E-state index contributed by atoms with van der Waals surface area (Å²) in [6.45, 7) is 5.55. The van der Waals surface area contributed by atoms with Crippen LogP contribution in [0, 0.1) is 20.8 Å². The second-order valence-corrected chi connectivity index (χ2v) is 7.88. The molecule has 33 heavy (non-hydrogen) atoms. The Balaban J connectivity index is 1.96. The maximum absolute atomic E-state index is 13.3. The Bertz CT molecular complexity index is 1370. The third-order valence-electron chi connectivity index (χ3n) is 5.53. The monoisotopic (exact) mass is 439 g/mol. The van der Waals surface area contributed by atoms with Crippen molar-refractivity contribution >= 4 is 11.7 Å². The Labute approximate surface area is 192 Å². The Kier molecular flexibility index (Phi) is 6.09. The fourth-order valence-corrected chi connectivity index (χ4v) is 3.66. The van der Waals surface area contributed by atoms with Gasteiger partial charge in [0.2, 0.25) is 5.43 Å². The van der Waals surface area contributed by atoms with E-state index in [1.807, 2.05) is 56.3 Å². The smallest absolute Gasteiger partial charge is 0.257 e. The Morgan fingerprint density at radius 2 is 1.58 bits per heavy atom. The number of ether oxygens (including phenoxy) is 1. The van der Waals surface area contributed by atoms with Gasteiger partial charge in [0.25, 0.3) is 5.91 Å². The third-order valence-corrected chi connectivity index (χ3v) is 5.53. The zero-order chi connectivity index (χ0) is 23.5. The maximum Gasteiger partial charge on any atom is 0.257 e. The molecular formula is C27H25N3O3. The lowest BCUT2D eigenvalue weighted by atomic mass is 10.0. The minimum atomic E-state index is -0.311. The van der Waals surface area contributed by atoms with E-state index in [2.05, 4.69) is 10.4 Å². The second-order valence-electron chi connectivity index (χ2n) is 7.88. The maximum atomic E-state index is 13.3. The lowest BCUT2D eigenvalue weighted by molar-refractivity contribution is 0.102. The van der Waals surface area contributed by atoms with Gasteiger partial charge in [-0.05, 0) is 62.2 Å². The van der Waals surface area contributed by atoms with Gasteiger partial charge in [-0.1, -0.05) is 48.0 Å². The highest BCUT2D eigenvalue weighted by molar-refractivity contribution is 6.06. The molecule has 1 aromatic heterocycles. The molecule has 6 heteroatoms. The number of nitrogens with zero attached hydrogens (tertiary/aromatic N) is 2. The number of carbonyl (C=O) groups excluding carboxylic acids is 1. The highest BCUT2D eigenvalue weighted by atomic mass is 16.5. The van der Waals surface area contributed by atoms with E-state index in [1.165, 1.54) is 0 Å². The number of methoxy groups -OCH3 is 1. The molecule has 1 amide bonds. The van der Waals surface area contributed by atoms with Crippen LogP contribution in [0.4, 0.5) is 5.82 Å².